The van der Waals surface area contributed by atoms with Crippen molar-refractivity contribution in [1.29, 1.82) is 5.41 Å². The second-order valence-corrected chi connectivity index (χ2v) is 9.01. The highest BCUT2D eigenvalue weighted by Gasteiger charge is 2.45. The van der Waals surface area contributed by atoms with Crippen LogP contribution in [0.25, 0.3) is 0 Å². The van der Waals surface area contributed by atoms with E-state index in [-0.39, 0.29) is 5.41 Å². The van der Waals surface area contributed by atoms with Crippen LogP contribution in [-0.2, 0) is 6.42 Å². The molecule has 2 heterocycles. The Labute approximate surface area is 140 Å². The number of fused-ring (bicyclic) bond motifs is 1. The first-order valence-electron chi connectivity index (χ1n) is 7.83. The molecule has 1 aromatic rings. The van der Waals surface area contributed by atoms with Gasteiger partial charge in [0.15, 0.2) is 10.3 Å². The Bertz CT molecular complexity index is 653. The summed E-state index contributed by atoms with van der Waals surface area (Å²) < 4.78 is 0. The van der Waals surface area contributed by atoms with E-state index in [0.717, 1.165) is 29.6 Å². The molecule has 1 N–H and O–H groups in total. The molecule has 0 amide bonds. The van der Waals surface area contributed by atoms with Crippen molar-refractivity contribution in [2.75, 3.05) is 18.1 Å². The number of nitrogens with one attached hydrogen (secondary N) is 1. The molecule has 2 aliphatic heterocycles. The Kier molecular flexibility index (Phi) is 3.53. The molecule has 1 aliphatic carbocycles. The van der Waals surface area contributed by atoms with Gasteiger partial charge in [-0.05, 0) is 23.0 Å². The first-order chi connectivity index (χ1) is 10.6. The average Bonchev–Trinajstić information content (AvgIpc) is 3.14. The number of nitrogens with zero attached hydrogens (tertiary/aromatic N) is 2. The number of benzene rings is 1. The van der Waals surface area contributed by atoms with Gasteiger partial charge in [0, 0.05) is 24.0 Å². The highest BCUT2D eigenvalue weighted by molar-refractivity contribution is 8.16. The normalized spacial score (nSPS) is 29.8. The Morgan fingerprint density at radius 3 is 2.86 bits per heavy atom. The van der Waals surface area contributed by atoms with Crippen molar-refractivity contribution in [2.45, 2.75) is 32.2 Å². The van der Waals surface area contributed by atoms with Gasteiger partial charge in [-0.3, -0.25) is 15.3 Å². The van der Waals surface area contributed by atoms with Gasteiger partial charge in [-0.15, -0.1) is 0 Å². The standard InChI is InChI=1S/C17H21N3S2/c1-17(2)9-11-5-3-4-6-12(11)14(17)13-10-22-16(19-13)20-7-8-21-15(20)18/h3-6,13-14,18H,7-10H2,1-2H3. The number of hydrogen-bond acceptors (Lipinski definition) is 4. The van der Waals surface area contributed by atoms with Crippen LogP contribution < -0.4 is 0 Å². The topological polar surface area (TPSA) is 39.5 Å². The fourth-order valence-corrected chi connectivity index (χ4v) is 6.03. The summed E-state index contributed by atoms with van der Waals surface area (Å²) in [5.41, 5.74) is 3.26. The molecule has 2 unspecified atom stereocenters. The van der Waals surface area contributed by atoms with Crippen molar-refractivity contribution in [1.82, 2.24) is 4.90 Å². The molecular weight excluding hydrogens is 310 g/mol. The Hall–Kier alpha value is -0.940. The third kappa shape index (κ3) is 2.29. The maximum atomic E-state index is 8.04. The van der Waals surface area contributed by atoms with Gasteiger partial charge in [0.1, 0.15) is 0 Å². The monoisotopic (exact) mass is 331 g/mol. The molecule has 0 spiro atoms. The predicted octanol–water partition coefficient (Wildman–Crippen LogP) is 3.81. The van der Waals surface area contributed by atoms with Gasteiger partial charge in [0.2, 0.25) is 0 Å². The summed E-state index contributed by atoms with van der Waals surface area (Å²) in [5, 5.41) is 9.77. The fraction of sp³-hybridized carbons (Fsp3) is 0.529. The Morgan fingerprint density at radius 1 is 1.27 bits per heavy atom. The van der Waals surface area contributed by atoms with E-state index in [9.17, 15) is 0 Å². The third-order valence-electron chi connectivity index (χ3n) is 4.95. The highest BCUT2D eigenvalue weighted by atomic mass is 32.2. The summed E-state index contributed by atoms with van der Waals surface area (Å²) in [7, 11) is 0. The second-order valence-electron chi connectivity index (χ2n) is 6.94. The quantitative estimate of drug-likeness (QED) is 0.850. The number of rotatable bonds is 1. The lowest BCUT2D eigenvalue weighted by Crippen LogP contribution is -2.29. The van der Waals surface area contributed by atoms with E-state index in [4.69, 9.17) is 10.4 Å². The number of hydrogen-bond donors (Lipinski definition) is 1. The summed E-state index contributed by atoms with van der Waals surface area (Å²) in [6.07, 6.45) is 1.15. The zero-order valence-electron chi connectivity index (χ0n) is 13.0. The van der Waals surface area contributed by atoms with Gasteiger partial charge in [0.05, 0.1) is 6.04 Å². The predicted molar refractivity (Wildman–Crippen MR) is 97.2 cm³/mol. The van der Waals surface area contributed by atoms with Crippen LogP contribution in [0.1, 0.15) is 30.9 Å². The van der Waals surface area contributed by atoms with Crippen molar-refractivity contribution < 1.29 is 0 Å². The first kappa shape index (κ1) is 14.6. The molecule has 116 valence electrons. The third-order valence-corrected chi connectivity index (χ3v) is 6.92. The van der Waals surface area contributed by atoms with Gasteiger partial charge in [-0.1, -0.05) is 61.6 Å². The van der Waals surface area contributed by atoms with Crippen LogP contribution in [0.4, 0.5) is 0 Å². The van der Waals surface area contributed by atoms with E-state index in [0.29, 0.717) is 17.1 Å². The van der Waals surface area contributed by atoms with Crippen molar-refractivity contribution in [2.24, 2.45) is 10.4 Å². The van der Waals surface area contributed by atoms with Crippen molar-refractivity contribution in [3.8, 4) is 0 Å². The smallest absolute Gasteiger partial charge is 0.165 e. The minimum absolute atomic E-state index is 0.265. The molecular formula is C17H21N3S2. The van der Waals surface area contributed by atoms with E-state index in [1.54, 1.807) is 11.8 Å². The zero-order valence-corrected chi connectivity index (χ0v) is 14.6. The minimum atomic E-state index is 0.265. The molecule has 0 aromatic heterocycles. The summed E-state index contributed by atoms with van der Waals surface area (Å²) in [4.78, 5) is 7.13. The van der Waals surface area contributed by atoms with Crippen molar-refractivity contribution in [3.63, 3.8) is 0 Å². The molecule has 0 radical (unpaired) electrons. The maximum Gasteiger partial charge on any atom is 0.165 e. The average molecular weight is 332 g/mol. The van der Waals surface area contributed by atoms with Crippen LogP contribution in [0.2, 0.25) is 0 Å². The lowest BCUT2D eigenvalue weighted by Gasteiger charge is -2.30. The molecule has 0 bridgehead atoms. The largest absolute Gasteiger partial charge is 0.300 e. The SMILES string of the molecule is CC1(C)Cc2ccccc2C1C1CSC(N2CCSC2=N)=N1. The number of thioether (sulfide) groups is 2. The van der Waals surface area contributed by atoms with E-state index in [1.165, 1.54) is 11.1 Å². The van der Waals surface area contributed by atoms with Crippen LogP contribution in [0.3, 0.4) is 0 Å². The van der Waals surface area contributed by atoms with E-state index >= 15 is 0 Å². The van der Waals surface area contributed by atoms with Crippen LogP contribution >= 0.6 is 23.5 Å². The van der Waals surface area contributed by atoms with Crippen LogP contribution in [-0.4, -0.2) is 39.3 Å². The zero-order chi connectivity index (χ0) is 15.3. The van der Waals surface area contributed by atoms with Crippen molar-refractivity contribution >= 4 is 33.9 Å². The summed E-state index contributed by atoms with van der Waals surface area (Å²) >= 11 is 3.46. The molecule has 0 saturated carbocycles. The molecule has 1 saturated heterocycles. The van der Waals surface area contributed by atoms with Gasteiger partial charge in [-0.2, -0.15) is 0 Å². The minimum Gasteiger partial charge on any atom is -0.300 e. The molecule has 1 fully saturated rings. The Morgan fingerprint density at radius 2 is 2.09 bits per heavy atom. The highest BCUT2D eigenvalue weighted by Crippen LogP contribution is 2.51. The van der Waals surface area contributed by atoms with E-state index in [2.05, 4.69) is 43.0 Å². The van der Waals surface area contributed by atoms with Gasteiger partial charge < -0.3 is 0 Å². The Balaban J connectivity index is 1.65. The summed E-state index contributed by atoms with van der Waals surface area (Å²) in [6, 6.07) is 9.22. The lowest BCUT2D eigenvalue weighted by atomic mass is 9.76. The van der Waals surface area contributed by atoms with Crippen LogP contribution in [0, 0.1) is 10.8 Å². The number of amidine groups is 2. The molecule has 1 aromatic carbocycles. The molecule has 2 atom stereocenters. The molecule has 5 heteroatoms. The van der Waals surface area contributed by atoms with E-state index in [1.807, 2.05) is 11.8 Å². The molecule has 4 rings (SSSR count). The van der Waals surface area contributed by atoms with Crippen LogP contribution in [0.5, 0.6) is 0 Å². The summed E-state index contributed by atoms with van der Waals surface area (Å²) in [6.45, 7) is 5.69. The van der Waals surface area contributed by atoms with Crippen molar-refractivity contribution in [3.05, 3.63) is 35.4 Å². The molecule has 3 nitrogen and oxygen atoms in total. The lowest BCUT2D eigenvalue weighted by molar-refractivity contribution is 0.287. The van der Waals surface area contributed by atoms with Gasteiger partial charge in [-0.25, -0.2) is 0 Å². The summed E-state index contributed by atoms with van der Waals surface area (Å²) in [5.74, 6) is 2.56. The van der Waals surface area contributed by atoms with E-state index < -0.39 is 0 Å². The van der Waals surface area contributed by atoms with Crippen LogP contribution in [0.15, 0.2) is 29.3 Å². The molecule has 3 aliphatic rings. The molecule has 22 heavy (non-hydrogen) atoms. The van der Waals surface area contributed by atoms with Gasteiger partial charge in [0.25, 0.3) is 0 Å². The second kappa shape index (κ2) is 5.31. The number of aliphatic imine (C=N–C) groups is 1. The fourth-order valence-electron chi connectivity index (χ4n) is 4.04. The first-order valence-corrected chi connectivity index (χ1v) is 9.81. The maximum absolute atomic E-state index is 8.04. The van der Waals surface area contributed by atoms with Gasteiger partial charge >= 0.3 is 0 Å².